The van der Waals surface area contributed by atoms with Crippen LogP contribution in [0.25, 0.3) is 0 Å². The molecule has 1 aliphatic rings. The van der Waals surface area contributed by atoms with E-state index in [1.165, 1.54) is 12.1 Å². The molecule has 0 amide bonds. The first kappa shape index (κ1) is 11.8. The summed E-state index contributed by atoms with van der Waals surface area (Å²) in [6.45, 7) is 0.486. The van der Waals surface area contributed by atoms with E-state index >= 15 is 0 Å². The molecule has 0 saturated heterocycles. The van der Waals surface area contributed by atoms with Crippen LogP contribution in [0.15, 0.2) is 30.6 Å². The lowest BCUT2D eigenvalue weighted by molar-refractivity contribution is -0.286. The minimum Gasteiger partial charge on any atom is -0.395 e. The summed E-state index contributed by atoms with van der Waals surface area (Å²) in [5.41, 5.74) is 0.656. The summed E-state index contributed by atoms with van der Waals surface area (Å²) < 4.78 is 36.3. The van der Waals surface area contributed by atoms with Crippen molar-refractivity contribution in [2.45, 2.75) is 12.8 Å². The van der Waals surface area contributed by atoms with Gasteiger partial charge in [-0.2, -0.15) is 0 Å². The Morgan fingerprint density at radius 2 is 2.11 bits per heavy atom. The molecule has 19 heavy (non-hydrogen) atoms. The lowest BCUT2D eigenvalue weighted by Gasteiger charge is -2.07. The van der Waals surface area contributed by atoms with Gasteiger partial charge in [0.2, 0.25) is 0 Å². The fourth-order valence-corrected chi connectivity index (χ4v) is 1.81. The molecule has 1 aromatic heterocycles. The molecule has 0 atom stereocenters. The fourth-order valence-electron chi connectivity index (χ4n) is 1.81. The maximum atomic E-state index is 12.9. The number of halogens is 2. The number of aromatic nitrogens is 2. The number of fused-ring (bicyclic) bond motifs is 1. The number of hydrogen-bond acceptors (Lipinski definition) is 4. The van der Waals surface area contributed by atoms with Crippen LogP contribution < -0.4 is 14.8 Å². The van der Waals surface area contributed by atoms with Gasteiger partial charge in [0.15, 0.2) is 11.5 Å². The van der Waals surface area contributed by atoms with E-state index in [1.54, 1.807) is 12.3 Å². The molecule has 2 heterocycles. The van der Waals surface area contributed by atoms with Gasteiger partial charge in [-0.05, 0) is 12.1 Å². The average molecular weight is 267 g/mol. The number of anilines is 1. The first-order chi connectivity index (χ1) is 9.03. The highest BCUT2D eigenvalue weighted by Gasteiger charge is 2.43. The number of aryl methyl sites for hydroxylation is 1. The highest BCUT2D eigenvalue weighted by Crippen LogP contribution is 2.42. The second kappa shape index (κ2) is 4.11. The van der Waals surface area contributed by atoms with Gasteiger partial charge in [0.05, 0.1) is 6.54 Å². The van der Waals surface area contributed by atoms with Gasteiger partial charge >= 0.3 is 6.29 Å². The van der Waals surface area contributed by atoms with E-state index in [0.717, 1.165) is 5.82 Å². The molecule has 5 nitrogen and oxygen atoms in total. The minimum absolute atomic E-state index is 0.0230. The molecule has 0 fully saturated rings. The third-order valence-electron chi connectivity index (χ3n) is 2.77. The van der Waals surface area contributed by atoms with Crippen LogP contribution in [-0.2, 0) is 13.6 Å². The van der Waals surface area contributed by atoms with Gasteiger partial charge in [-0.15, -0.1) is 8.78 Å². The summed E-state index contributed by atoms with van der Waals surface area (Å²) in [5, 5.41) is 3.08. The summed E-state index contributed by atoms with van der Waals surface area (Å²) in [4.78, 5) is 4.15. The second-order valence-corrected chi connectivity index (χ2v) is 4.14. The largest absolute Gasteiger partial charge is 0.586 e. The molecule has 1 aliphatic heterocycles. The van der Waals surface area contributed by atoms with Crippen molar-refractivity contribution in [3.8, 4) is 11.5 Å². The highest BCUT2D eigenvalue weighted by atomic mass is 19.3. The molecule has 0 aliphatic carbocycles. The van der Waals surface area contributed by atoms with Crippen molar-refractivity contribution in [3.63, 3.8) is 0 Å². The Morgan fingerprint density at radius 1 is 1.32 bits per heavy atom. The van der Waals surface area contributed by atoms with Crippen molar-refractivity contribution < 1.29 is 18.3 Å². The first-order valence-corrected chi connectivity index (χ1v) is 5.63. The summed E-state index contributed by atoms with van der Waals surface area (Å²) in [6.07, 6.45) is -0.0605. The van der Waals surface area contributed by atoms with E-state index < -0.39 is 6.29 Å². The molecule has 0 bridgehead atoms. The molecule has 0 spiro atoms. The van der Waals surface area contributed by atoms with Crippen LogP contribution in [0.2, 0.25) is 0 Å². The topological polar surface area (TPSA) is 48.3 Å². The van der Waals surface area contributed by atoms with Gasteiger partial charge in [0.25, 0.3) is 0 Å². The Morgan fingerprint density at radius 3 is 2.84 bits per heavy atom. The fraction of sp³-hybridized carbons (Fsp3) is 0.250. The van der Waals surface area contributed by atoms with E-state index in [1.807, 2.05) is 17.8 Å². The zero-order valence-electron chi connectivity index (χ0n) is 10.1. The van der Waals surface area contributed by atoms with E-state index in [2.05, 4.69) is 19.8 Å². The van der Waals surface area contributed by atoms with Crippen LogP contribution in [0.4, 0.5) is 14.5 Å². The Kier molecular flexibility index (Phi) is 2.55. The maximum Gasteiger partial charge on any atom is 0.586 e. The standard InChI is InChI=1S/C12H11F2N3O2/c1-17-5-4-15-11(17)7-16-8-2-3-9-10(6-8)19-12(13,14)18-9/h2-6,16H,7H2,1H3. The SMILES string of the molecule is Cn1ccnc1CNc1ccc2c(c1)OC(F)(F)O2. The van der Waals surface area contributed by atoms with Crippen molar-refractivity contribution in [3.05, 3.63) is 36.4 Å². The molecule has 1 aromatic carbocycles. The average Bonchev–Trinajstić information content (AvgIpc) is 2.87. The van der Waals surface area contributed by atoms with Gasteiger partial charge in [0.1, 0.15) is 5.82 Å². The zero-order valence-corrected chi connectivity index (χ0v) is 10.1. The summed E-state index contributed by atoms with van der Waals surface area (Å²) in [6, 6.07) is 4.56. The third kappa shape index (κ3) is 2.31. The highest BCUT2D eigenvalue weighted by molar-refractivity contribution is 5.55. The minimum atomic E-state index is -3.58. The molecular weight excluding hydrogens is 256 g/mol. The molecule has 2 aromatic rings. The lowest BCUT2D eigenvalue weighted by atomic mass is 10.3. The zero-order chi connectivity index (χ0) is 13.5. The molecule has 0 unspecified atom stereocenters. The van der Waals surface area contributed by atoms with Crippen LogP contribution in [0.1, 0.15) is 5.82 Å². The molecule has 0 saturated carbocycles. The summed E-state index contributed by atoms with van der Waals surface area (Å²) in [7, 11) is 1.88. The van der Waals surface area contributed by atoms with Gasteiger partial charge in [-0.1, -0.05) is 0 Å². The van der Waals surface area contributed by atoms with E-state index in [9.17, 15) is 8.78 Å². The van der Waals surface area contributed by atoms with Gasteiger partial charge in [0, 0.05) is 31.2 Å². The van der Waals surface area contributed by atoms with Crippen LogP contribution in [0.3, 0.4) is 0 Å². The molecule has 7 heteroatoms. The molecule has 1 N–H and O–H groups in total. The predicted molar refractivity (Wildman–Crippen MR) is 63.2 cm³/mol. The monoisotopic (exact) mass is 267 g/mol. The number of hydrogen-bond donors (Lipinski definition) is 1. The van der Waals surface area contributed by atoms with Crippen LogP contribution in [-0.4, -0.2) is 15.8 Å². The molecule has 0 radical (unpaired) electrons. The van der Waals surface area contributed by atoms with E-state index in [-0.39, 0.29) is 11.5 Å². The van der Waals surface area contributed by atoms with E-state index in [4.69, 9.17) is 0 Å². The normalized spacial score (nSPS) is 15.5. The van der Waals surface area contributed by atoms with Crippen molar-refractivity contribution in [2.24, 2.45) is 7.05 Å². The van der Waals surface area contributed by atoms with E-state index in [0.29, 0.717) is 12.2 Å². The number of alkyl halides is 2. The van der Waals surface area contributed by atoms with Crippen molar-refractivity contribution >= 4 is 5.69 Å². The number of benzene rings is 1. The quantitative estimate of drug-likeness (QED) is 0.927. The first-order valence-electron chi connectivity index (χ1n) is 5.63. The summed E-state index contributed by atoms with van der Waals surface area (Å²) in [5.74, 6) is 0.894. The third-order valence-corrected chi connectivity index (χ3v) is 2.77. The van der Waals surface area contributed by atoms with Crippen LogP contribution in [0.5, 0.6) is 11.5 Å². The molecule has 100 valence electrons. The molecular formula is C12H11F2N3O2. The maximum absolute atomic E-state index is 12.9. The van der Waals surface area contributed by atoms with Crippen LogP contribution in [0, 0.1) is 0 Å². The van der Waals surface area contributed by atoms with Crippen molar-refractivity contribution in [2.75, 3.05) is 5.32 Å². The summed E-state index contributed by atoms with van der Waals surface area (Å²) >= 11 is 0. The Hall–Kier alpha value is -2.31. The Balaban J connectivity index is 1.72. The second-order valence-electron chi connectivity index (χ2n) is 4.14. The number of nitrogens with one attached hydrogen (secondary N) is 1. The number of rotatable bonds is 3. The number of ether oxygens (including phenoxy) is 2. The number of imidazole rings is 1. The van der Waals surface area contributed by atoms with Crippen molar-refractivity contribution in [1.82, 2.24) is 9.55 Å². The van der Waals surface area contributed by atoms with Crippen molar-refractivity contribution in [1.29, 1.82) is 0 Å². The molecule has 3 rings (SSSR count). The van der Waals surface area contributed by atoms with Gasteiger partial charge < -0.3 is 19.4 Å². The number of nitrogens with zero attached hydrogens (tertiary/aromatic N) is 2. The predicted octanol–water partition coefficient (Wildman–Crippen LogP) is 2.35. The van der Waals surface area contributed by atoms with Gasteiger partial charge in [-0.3, -0.25) is 0 Å². The van der Waals surface area contributed by atoms with Gasteiger partial charge in [-0.25, -0.2) is 4.98 Å². The lowest BCUT2D eigenvalue weighted by Crippen LogP contribution is -2.25. The Labute approximate surface area is 107 Å². The van der Waals surface area contributed by atoms with Crippen LogP contribution >= 0.6 is 0 Å². The Bertz CT molecular complexity index is 613. The smallest absolute Gasteiger partial charge is 0.395 e.